The van der Waals surface area contributed by atoms with Gasteiger partial charge in [0, 0.05) is 25.8 Å². The van der Waals surface area contributed by atoms with Crippen LogP contribution in [0.2, 0.25) is 0 Å². The number of hydrogen-bond acceptors (Lipinski definition) is 3. The summed E-state index contributed by atoms with van der Waals surface area (Å²) in [5, 5.41) is 3.16. The zero-order valence-electron chi connectivity index (χ0n) is 7.53. The molecule has 3 N–H and O–H groups in total. The molecule has 0 aliphatic carbocycles. The molecule has 1 aromatic rings. The van der Waals surface area contributed by atoms with Gasteiger partial charge < -0.3 is 11.1 Å². The molecule has 84 valence electrons. The number of nitrogens with one attached hydrogen (secondary N) is 1. The third kappa shape index (κ3) is 8.92. The topological polar surface area (TPSA) is 50.9 Å². The van der Waals surface area contributed by atoms with Crippen molar-refractivity contribution >= 4 is 18.8 Å². The van der Waals surface area contributed by atoms with Crippen molar-refractivity contribution in [3.8, 4) is 0 Å². The zero-order chi connectivity index (χ0) is 10.6. The van der Waals surface area contributed by atoms with Crippen LogP contribution in [0.1, 0.15) is 5.69 Å². The Morgan fingerprint density at radius 1 is 1.43 bits per heavy atom. The Kier molecular flexibility index (Phi) is 11.7. The van der Waals surface area contributed by atoms with Crippen LogP contribution in [0.4, 0.5) is 0 Å². The Morgan fingerprint density at radius 3 is 2.64 bits per heavy atom. The van der Waals surface area contributed by atoms with Crippen LogP contribution in [-0.4, -0.2) is 18.1 Å². The Labute approximate surface area is 101 Å². The van der Waals surface area contributed by atoms with Crippen molar-refractivity contribution in [3.05, 3.63) is 30.1 Å². The van der Waals surface area contributed by atoms with Crippen LogP contribution in [0.15, 0.2) is 24.4 Å². The molecule has 0 amide bonds. The van der Waals surface area contributed by atoms with Crippen LogP contribution in [0.25, 0.3) is 0 Å². The van der Waals surface area contributed by atoms with Crippen molar-refractivity contribution in [2.24, 2.45) is 5.73 Å². The third-order valence-electron chi connectivity index (χ3n) is 1.35. The Balaban J connectivity index is 0.000000500. The second-order valence-corrected chi connectivity index (χ2v) is 5.61. The summed E-state index contributed by atoms with van der Waals surface area (Å²) in [6, 6.07) is 5.88. The van der Waals surface area contributed by atoms with Gasteiger partial charge in [0.1, 0.15) is 0 Å². The molecular formula is C8H13Cl2N3Pt. The minimum atomic E-state index is -0.472. The second kappa shape index (κ2) is 11.4. The molecule has 0 fully saturated rings. The van der Waals surface area contributed by atoms with E-state index in [0.29, 0.717) is 6.54 Å². The van der Waals surface area contributed by atoms with Crippen molar-refractivity contribution in [1.29, 1.82) is 0 Å². The first-order valence-electron chi connectivity index (χ1n) is 3.98. The van der Waals surface area contributed by atoms with Crippen LogP contribution in [0.5, 0.6) is 0 Å². The van der Waals surface area contributed by atoms with Gasteiger partial charge in [0.05, 0.1) is 5.69 Å². The summed E-state index contributed by atoms with van der Waals surface area (Å²) in [7, 11) is 9.75. The van der Waals surface area contributed by atoms with Crippen LogP contribution in [0.3, 0.4) is 0 Å². The molecule has 1 rings (SSSR count). The Hall–Kier alpha value is 0.338. The van der Waals surface area contributed by atoms with Gasteiger partial charge in [-0.2, -0.15) is 0 Å². The van der Waals surface area contributed by atoms with Gasteiger partial charge >= 0.3 is 35.3 Å². The molecule has 0 atom stereocenters. The van der Waals surface area contributed by atoms with Crippen LogP contribution in [-0.2, 0) is 23.0 Å². The molecule has 0 spiro atoms. The number of nitrogens with zero attached hydrogens (tertiary/aromatic N) is 1. The molecule has 0 radical (unpaired) electrons. The normalized spacial score (nSPS) is 9.36. The fourth-order valence-electron chi connectivity index (χ4n) is 0.821. The third-order valence-corrected chi connectivity index (χ3v) is 1.35. The van der Waals surface area contributed by atoms with E-state index in [1.807, 2.05) is 18.2 Å². The van der Waals surface area contributed by atoms with E-state index in [9.17, 15) is 0 Å². The van der Waals surface area contributed by atoms with Crippen LogP contribution in [0, 0.1) is 0 Å². The first-order valence-corrected chi connectivity index (χ1v) is 9.61. The summed E-state index contributed by atoms with van der Waals surface area (Å²) in [5.41, 5.74) is 6.37. The average molecular weight is 417 g/mol. The molecule has 0 saturated heterocycles. The molecule has 0 saturated carbocycles. The van der Waals surface area contributed by atoms with Gasteiger partial charge in [0.15, 0.2) is 0 Å². The van der Waals surface area contributed by atoms with Crippen molar-refractivity contribution in [3.63, 3.8) is 0 Å². The van der Waals surface area contributed by atoms with Gasteiger partial charge in [-0.25, -0.2) is 0 Å². The fourth-order valence-corrected chi connectivity index (χ4v) is 0.821. The van der Waals surface area contributed by atoms with Crippen molar-refractivity contribution < 1.29 is 16.5 Å². The predicted molar refractivity (Wildman–Crippen MR) is 56.7 cm³/mol. The van der Waals surface area contributed by atoms with Crippen LogP contribution >= 0.6 is 18.8 Å². The molecule has 0 aromatic carbocycles. The summed E-state index contributed by atoms with van der Waals surface area (Å²) < 4.78 is 0. The zero-order valence-corrected chi connectivity index (χ0v) is 11.3. The molecule has 0 aliphatic heterocycles. The van der Waals surface area contributed by atoms with Gasteiger partial charge in [-0.3, -0.25) is 4.98 Å². The summed E-state index contributed by atoms with van der Waals surface area (Å²) >= 11 is -0.472. The number of nitrogens with two attached hydrogens (primary N) is 1. The monoisotopic (exact) mass is 416 g/mol. The SMILES string of the molecule is NCCNCc1ccccn1.[Cl][Pt][Cl]. The summed E-state index contributed by atoms with van der Waals surface area (Å²) in [4.78, 5) is 4.15. The fraction of sp³-hybridized carbons (Fsp3) is 0.375. The first kappa shape index (κ1) is 14.3. The predicted octanol–water partition coefficient (Wildman–Crippen LogP) is 1.51. The number of pyridine rings is 1. The van der Waals surface area contributed by atoms with E-state index in [1.165, 1.54) is 0 Å². The second-order valence-electron chi connectivity index (χ2n) is 2.33. The number of aromatic nitrogens is 1. The molecule has 1 aromatic heterocycles. The van der Waals surface area contributed by atoms with Crippen molar-refractivity contribution in [1.82, 2.24) is 10.3 Å². The van der Waals surface area contributed by atoms with Gasteiger partial charge in [0.2, 0.25) is 0 Å². The van der Waals surface area contributed by atoms with E-state index in [0.717, 1.165) is 18.8 Å². The van der Waals surface area contributed by atoms with Gasteiger partial charge in [-0.15, -0.1) is 0 Å². The van der Waals surface area contributed by atoms with E-state index in [4.69, 9.17) is 24.6 Å². The molecule has 6 heteroatoms. The summed E-state index contributed by atoms with van der Waals surface area (Å²) in [6.45, 7) is 2.32. The molecule has 0 unspecified atom stereocenters. The average Bonchev–Trinajstić information content (AvgIpc) is 2.21. The van der Waals surface area contributed by atoms with E-state index in [-0.39, 0.29) is 0 Å². The van der Waals surface area contributed by atoms with Crippen molar-refractivity contribution in [2.75, 3.05) is 13.1 Å². The van der Waals surface area contributed by atoms with Crippen molar-refractivity contribution in [2.45, 2.75) is 6.54 Å². The van der Waals surface area contributed by atoms with E-state index >= 15 is 0 Å². The standard InChI is InChI=1S/C8H13N3.2ClH.Pt/c9-4-6-10-7-8-3-1-2-5-11-8;;;/h1-3,5,10H,4,6-7,9H2;2*1H;/q;;;+2/p-2. The Bertz CT molecular complexity index is 211. The molecule has 0 aliphatic rings. The van der Waals surface area contributed by atoms with E-state index < -0.39 is 16.5 Å². The number of rotatable bonds is 4. The summed E-state index contributed by atoms with van der Waals surface area (Å²) in [6.07, 6.45) is 1.79. The molecular weight excluding hydrogens is 404 g/mol. The molecule has 14 heavy (non-hydrogen) atoms. The molecule has 0 bridgehead atoms. The number of halogens is 2. The van der Waals surface area contributed by atoms with Crippen LogP contribution < -0.4 is 11.1 Å². The quantitative estimate of drug-likeness (QED) is 0.731. The molecule has 3 nitrogen and oxygen atoms in total. The van der Waals surface area contributed by atoms with Gasteiger partial charge in [0.25, 0.3) is 0 Å². The number of hydrogen-bond donors (Lipinski definition) is 2. The van der Waals surface area contributed by atoms with E-state index in [2.05, 4.69) is 10.3 Å². The summed E-state index contributed by atoms with van der Waals surface area (Å²) in [5.74, 6) is 0. The maximum atomic E-state index is 5.31. The van der Waals surface area contributed by atoms with Gasteiger partial charge in [-0.1, -0.05) is 6.07 Å². The Morgan fingerprint density at radius 2 is 2.14 bits per heavy atom. The minimum absolute atomic E-state index is 0.472. The first-order chi connectivity index (χ1) is 6.85. The van der Waals surface area contributed by atoms with E-state index in [1.54, 1.807) is 6.20 Å². The molecule has 1 heterocycles. The van der Waals surface area contributed by atoms with Gasteiger partial charge in [-0.05, 0) is 12.1 Å². The maximum absolute atomic E-state index is 5.31.